The smallest absolute Gasteiger partial charge is 0.234 e. The van der Waals surface area contributed by atoms with Gasteiger partial charge in [-0.2, -0.15) is 0 Å². The lowest BCUT2D eigenvalue weighted by atomic mass is 9.95. The number of benzene rings is 2. The third-order valence-corrected chi connectivity index (χ3v) is 6.03. The number of hydrogen-bond acceptors (Lipinski definition) is 3. The van der Waals surface area contributed by atoms with E-state index in [9.17, 15) is 14.0 Å². The first-order chi connectivity index (χ1) is 14.8. The molecule has 0 radical (unpaired) electrons. The number of carbonyl (C=O) groups excluding carboxylic acids is 2. The molecule has 1 unspecified atom stereocenters. The van der Waals surface area contributed by atoms with E-state index in [4.69, 9.17) is 11.6 Å². The first kappa shape index (κ1) is 23.2. The van der Waals surface area contributed by atoms with Crippen LogP contribution in [-0.4, -0.2) is 36.3 Å². The van der Waals surface area contributed by atoms with Crippen LogP contribution in [0.5, 0.6) is 0 Å². The Balaban J connectivity index is 1.39. The van der Waals surface area contributed by atoms with E-state index in [1.165, 1.54) is 6.07 Å². The van der Waals surface area contributed by atoms with Crippen molar-refractivity contribution in [3.8, 4) is 0 Å². The van der Waals surface area contributed by atoms with Crippen molar-refractivity contribution in [3.05, 3.63) is 70.0 Å². The van der Waals surface area contributed by atoms with Gasteiger partial charge in [0, 0.05) is 17.5 Å². The predicted molar refractivity (Wildman–Crippen MR) is 120 cm³/mol. The Kier molecular flexibility index (Phi) is 8.04. The van der Waals surface area contributed by atoms with Crippen molar-refractivity contribution in [2.24, 2.45) is 5.92 Å². The largest absolute Gasteiger partial charge is 0.352 e. The molecule has 1 aliphatic heterocycles. The van der Waals surface area contributed by atoms with E-state index in [-0.39, 0.29) is 29.6 Å². The second-order valence-electron chi connectivity index (χ2n) is 8.19. The van der Waals surface area contributed by atoms with Crippen molar-refractivity contribution >= 4 is 23.4 Å². The van der Waals surface area contributed by atoms with Crippen LogP contribution in [-0.2, 0) is 16.1 Å². The first-order valence-electron chi connectivity index (χ1n) is 10.6. The molecule has 3 rings (SSSR count). The van der Waals surface area contributed by atoms with E-state index in [1.807, 2.05) is 37.3 Å². The average molecular weight is 446 g/mol. The average Bonchev–Trinajstić information content (AvgIpc) is 2.75. The Morgan fingerprint density at radius 3 is 2.48 bits per heavy atom. The van der Waals surface area contributed by atoms with Gasteiger partial charge < -0.3 is 10.6 Å². The lowest BCUT2D eigenvalue weighted by Gasteiger charge is -2.31. The van der Waals surface area contributed by atoms with E-state index in [0.29, 0.717) is 49.6 Å². The van der Waals surface area contributed by atoms with Gasteiger partial charge in [-0.25, -0.2) is 4.39 Å². The molecule has 31 heavy (non-hydrogen) atoms. The van der Waals surface area contributed by atoms with E-state index >= 15 is 0 Å². The molecule has 1 saturated heterocycles. The zero-order chi connectivity index (χ0) is 22.4. The molecule has 0 bridgehead atoms. The molecule has 166 valence electrons. The molecule has 5 nitrogen and oxygen atoms in total. The van der Waals surface area contributed by atoms with E-state index in [2.05, 4.69) is 15.5 Å². The SMILES string of the molecule is Cc1ccc(CNC(=O)C2CCN(CC(=O)NC(C)c3ccc(Cl)cc3)CC2)cc1F. The number of halogens is 2. The Hall–Kier alpha value is -2.44. The fourth-order valence-corrected chi connectivity index (χ4v) is 3.88. The summed E-state index contributed by atoms with van der Waals surface area (Å²) in [5.41, 5.74) is 2.34. The fourth-order valence-electron chi connectivity index (χ4n) is 3.76. The Bertz CT molecular complexity index is 912. The van der Waals surface area contributed by atoms with Crippen molar-refractivity contribution in [2.45, 2.75) is 39.3 Å². The topological polar surface area (TPSA) is 61.4 Å². The molecule has 2 amide bonds. The van der Waals surface area contributed by atoms with Crippen LogP contribution in [0.3, 0.4) is 0 Å². The number of aryl methyl sites for hydroxylation is 1. The molecule has 1 heterocycles. The van der Waals surface area contributed by atoms with E-state index in [0.717, 1.165) is 11.1 Å². The van der Waals surface area contributed by atoms with Gasteiger partial charge in [0.25, 0.3) is 0 Å². The van der Waals surface area contributed by atoms with Gasteiger partial charge in [0.1, 0.15) is 5.82 Å². The van der Waals surface area contributed by atoms with Crippen molar-refractivity contribution in [1.29, 1.82) is 0 Å². The second kappa shape index (κ2) is 10.7. The highest BCUT2D eigenvalue weighted by Crippen LogP contribution is 2.19. The highest BCUT2D eigenvalue weighted by atomic mass is 35.5. The molecule has 0 aliphatic carbocycles. The van der Waals surface area contributed by atoms with Crippen LogP contribution in [0.15, 0.2) is 42.5 Å². The number of amides is 2. The lowest BCUT2D eigenvalue weighted by Crippen LogP contribution is -2.44. The Morgan fingerprint density at radius 1 is 1.16 bits per heavy atom. The normalized spacial score (nSPS) is 16.0. The first-order valence-corrected chi connectivity index (χ1v) is 11.0. The summed E-state index contributed by atoms with van der Waals surface area (Å²) in [6.45, 7) is 5.68. The number of carbonyl (C=O) groups is 2. The summed E-state index contributed by atoms with van der Waals surface area (Å²) in [7, 11) is 0. The molecular weight excluding hydrogens is 417 g/mol. The summed E-state index contributed by atoms with van der Waals surface area (Å²) < 4.78 is 13.6. The van der Waals surface area contributed by atoms with Crippen molar-refractivity contribution in [1.82, 2.24) is 15.5 Å². The van der Waals surface area contributed by atoms with Gasteiger partial charge in [0.2, 0.25) is 11.8 Å². The standard InChI is InChI=1S/C24H29ClFN3O2/c1-16-3-4-18(13-22(16)26)14-27-24(31)20-9-11-29(12-10-20)15-23(30)28-17(2)19-5-7-21(25)8-6-19/h3-8,13,17,20H,9-12,14-15H2,1-2H3,(H,27,31)(H,28,30). The third-order valence-electron chi connectivity index (χ3n) is 5.78. The molecule has 2 aromatic carbocycles. The second-order valence-corrected chi connectivity index (χ2v) is 8.63. The molecule has 0 saturated carbocycles. The van der Waals surface area contributed by atoms with Crippen molar-refractivity contribution < 1.29 is 14.0 Å². The van der Waals surface area contributed by atoms with E-state index < -0.39 is 0 Å². The zero-order valence-electron chi connectivity index (χ0n) is 18.0. The molecule has 1 fully saturated rings. The van der Waals surface area contributed by atoms with Crippen LogP contribution < -0.4 is 10.6 Å². The summed E-state index contributed by atoms with van der Waals surface area (Å²) in [5.74, 6) is -0.389. The quantitative estimate of drug-likeness (QED) is 0.677. The maximum absolute atomic E-state index is 13.6. The minimum absolute atomic E-state index is 0.0126. The molecule has 1 aliphatic rings. The molecule has 0 aromatic heterocycles. The maximum Gasteiger partial charge on any atom is 0.234 e. The summed E-state index contributed by atoms with van der Waals surface area (Å²) >= 11 is 5.91. The zero-order valence-corrected chi connectivity index (χ0v) is 18.7. The molecule has 2 aromatic rings. The Morgan fingerprint density at radius 2 is 1.84 bits per heavy atom. The Labute approximate surface area is 188 Å². The van der Waals surface area contributed by atoms with E-state index in [1.54, 1.807) is 13.0 Å². The van der Waals surface area contributed by atoms with Crippen LogP contribution in [0.25, 0.3) is 0 Å². The van der Waals surface area contributed by atoms with Crippen LogP contribution in [0.4, 0.5) is 4.39 Å². The number of nitrogens with one attached hydrogen (secondary N) is 2. The highest BCUT2D eigenvalue weighted by Gasteiger charge is 2.26. The number of nitrogens with zero attached hydrogens (tertiary/aromatic N) is 1. The van der Waals surface area contributed by atoms with Gasteiger partial charge >= 0.3 is 0 Å². The molecule has 1 atom stereocenters. The minimum Gasteiger partial charge on any atom is -0.352 e. The van der Waals surface area contributed by atoms with Gasteiger partial charge in [0.15, 0.2) is 0 Å². The molecule has 2 N–H and O–H groups in total. The van der Waals surface area contributed by atoms with Gasteiger partial charge in [-0.15, -0.1) is 0 Å². The number of piperidine rings is 1. The lowest BCUT2D eigenvalue weighted by molar-refractivity contribution is -0.127. The van der Waals surface area contributed by atoms with Crippen LogP contribution in [0.1, 0.15) is 42.5 Å². The summed E-state index contributed by atoms with van der Waals surface area (Å²) in [6, 6.07) is 12.3. The summed E-state index contributed by atoms with van der Waals surface area (Å²) in [5, 5.41) is 6.58. The molecule has 0 spiro atoms. The van der Waals surface area contributed by atoms with Gasteiger partial charge in [-0.05, 0) is 74.7 Å². The van der Waals surface area contributed by atoms with Crippen molar-refractivity contribution in [2.75, 3.05) is 19.6 Å². The molecular formula is C24H29ClFN3O2. The predicted octanol–water partition coefficient (Wildman–Crippen LogP) is 3.99. The monoisotopic (exact) mass is 445 g/mol. The minimum atomic E-state index is -0.260. The van der Waals surface area contributed by atoms with Crippen molar-refractivity contribution in [3.63, 3.8) is 0 Å². The fraction of sp³-hybridized carbons (Fsp3) is 0.417. The van der Waals surface area contributed by atoms with Gasteiger partial charge in [0.05, 0.1) is 12.6 Å². The van der Waals surface area contributed by atoms with Crippen LogP contribution in [0, 0.1) is 18.7 Å². The number of hydrogen-bond donors (Lipinski definition) is 2. The summed E-state index contributed by atoms with van der Waals surface area (Å²) in [4.78, 5) is 26.9. The number of likely N-dealkylation sites (tertiary alicyclic amines) is 1. The molecule has 7 heteroatoms. The number of rotatable bonds is 7. The third kappa shape index (κ3) is 6.77. The van der Waals surface area contributed by atoms with Crippen LogP contribution >= 0.6 is 11.6 Å². The highest BCUT2D eigenvalue weighted by molar-refractivity contribution is 6.30. The van der Waals surface area contributed by atoms with Gasteiger partial charge in [-0.1, -0.05) is 35.9 Å². The summed E-state index contributed by atoms with van der Waals surface area (Å²) in [6.07, 6.45) is 1.40. The van der Waals surface area contributed by atoms with Crippen LogP contribution in [0.2, 0.25) is 5.02 Å². The van der Waals surface area contributed by atoms with Gasteiger partial charge in [-0.3, -0.25) is 14.5 Å². The maximum atomic E-state index is 13.6.